The molecule has 4 rings (SSSR count). The monoisotopic (exact) mass is 356 g/mol. The van der Waals surface area contributed by atoms with Crippen LogP contribution in [0.1, 0.15) is 24.8 Å². The van der Waals surface area contributed by atoms with Crippen LogP contribution in [0.2, 0.25) is 0 Å². The van der Waals surface area contributed by atoms with E-state index in [4.69, 9.17) is 4.74 Å². The van der Waals surface area contributed by atoms with Crippen molar-refractivity contribution in [3.05, 3.63) is 53.8 Å². The Morgan fingerprint density at radius 2 is 2.12 bits per heavy atom. The summed E-state index contributed by atoms with van der Waals surface area (Å²) >= 11 is 1.41. The topological polar surface area (TPSA) is 51.2 Å². The minimum atomic E-state index is -0.655. The number of fused-ring (bicyclic) bond motifs is 1. The van der Waals surface area contributed by atoms with Gasteiger partial charge in [-0.1, -0.05) is 29.9 Å². The van der Waals surface area contributed by atoms with E-state index in [0.29, 0.717) is 5.13 Å². The molecule has 0 spiro atoms. The third-order valence-corrected chi connectivity index (χ3v) is 5.77. The molecule has 128 valence electrons. The zero-order valence-electron chi connectivity index (χ0n) is 13.7. The number of nitrogens with zero attached hydrogens (tertiary/aromatic N) is 1. The van der Waals surface area contributed by atoms with Crippen LogP contribution in [0.4, 0.5) is 9.52 Å². The van der Waals surface area contributed by atoms with Crippen molar-refractivity contribution in [2.24, 2.45) is 0 Å². The Kier molecular flexibility index (Phi) is 3.92. The van der Waals surface area contributed by atoms with Crippen LogP contribution in [0.25, 0.3) is 10.2 Å². The fourth-order valence-electron chi connectivity index (χ4n) is 3.27. The van der Waals surface area contributed by atoms with Crippen LogP contribution in [0, 0.1) is 5.82 Å². The lowest BCUT2D eigenvalue weighted by Gasteiger charge is -2.40. The maximum Gasteiger partial charge on any atom is 0.236 e. The summed E-state index contributed by atoms with van der Waals surface area (Å²) in [5, 5.41) is 3.49. The molecule has 1 amide bonds. The zero-order chi connectivity index (χ0) is 17.4. The highest BCUT2D eigenvalue weighted by molar-refractivity contribution is 7.22. The van der Waals surface area contributed by atoms with Gasteiger partial charge in [-0.3, -0.25) is 4.79 Å². The van der Waals surface area contributed by atoms with Gasteiger partial charge in [0.1, 0.15) is 11.6 Å². The van der Waals surface area contributed by atoms with E-state index in [-0.39, 0.29) is 11.7 Å². The largest absolute Gasteiger partial charge is 0.497 e. The molecule has 1 aliphatic rings. The van der Waals surface area contributed by atoms with Crippen LogP contribution in [0.3, 0.4) is 0 Å². The van der Waals surface area contributed by atoms with Crippen LogP contribution in [-0.2, 0) is 10.2 Å². The molecule has 0 saturated heterocycles. The summed E-state index contributed by atoms with van der Waals surface area (Å²) in [6.07, 6.45) is 2.41. The Morgan fingerprint density at radius 1 is 1.28 bits per heavy atom. The molecule has 0 atom stereocenters. The normalized spacial score (nSPS) is 15.6. The Morgan fingerprint density at radius 3 is 2.80 bits per heavy atom. The van der Waals surface area contributed by atoms with Crippen LogP contribution in [-0.4, -0.2) is 18.0 Å². The predicted octanol–water partition coefficient (Wildman–Crippen LogP) is 4.50. The van der Waals surface area contributed by atoms with Gasteiger partial charge in [-0.25, -0.2) is 9.37 Å². The van der Waals surface area contributed by atoms with Crippen molar-refractivity contribution >= 4 is 32.6 Å². The van der Waals surface area contributed by atoms with Gasteiger partial charge in [0.05, 0.1) is 22.7 Å². The van der Waals surface area contributed by atoms with Crippen molar-refractivity contribution in [1.82, 2.24) is 4.98 Å². The maximum absolute atomic E-state index is 13.6. The van der Waals surface area contributed by atoms with Crippen molar-refractivity contribution in [1.29, 1.82) is 0 Å². The second-order valence-corrected chi connectivity index (χ2v) is 7.28. The number of rotatable bonds is 4. The summed E-state index contributed by atoms with van der Waals surface area (Å²) in [4.78, 5) is 17.4. The average Bonchev–Trinajstić information content (AvgIpc) is 2.95. The highest BCUT2D eigenvalue weighted by Gasteiger charge is 2.46. The summed E-state index contributed by atoms with van der Waals surface area (Å²) in [5.41, 5.74) is 0.894. The number of benzene rings is 2. The molecular weight excluding hydrogens is 339 g/mol. The molecule has 1 aliphatic carbocycles. The molecule has 2 aromatic carbocycles. The van der Waals surface area contributed by atoms with Crippen molar-refractivity contribution in [2.75, 3.05) is 12.4 Å². The number of ether oxygens (including phenoxy) is 1. The second kappa shape index (κ2) is 6.11. The van der Waals surface area contributed by atoms with E-state index in [1.54, 1.807) is 13.2 Å². The second-order valence-electron chi connectivity index (χ2n) is 6.25. The average molecular weight is 356 g/mol. The van der Waals surface area contributed by atoms with Crippen LogP contribution >= 0.6 is 11.3 Å². The number of thiazole rings is 1. The van der Waals surface area contributed by atoms with E-state index in [1.807, 2.05) is 24.3 Å². The highest BCUT2D eigenvalue weighted by Crippen LogP contribution is 2.45. The van der Waals surface area contributed by atoms with Gasteiger partial charge < -0.3 is 10.1 Å². The number of aromatic nitrogens is 1. The molecule has 4 nitrogen and oxygen atoms in total. The highest BCUT2D eigenvalue weighted by atomic mass is 32.1. The quantitative estimate of drug-likeness (QED) is 0.748. The third kappa shape index (κ3) is 2.76. The lowest BCUT2D eigenvalue weighted by molar-refractivity contribution is -0.124. The zero-order valence-corrected chi connectivity index (χ0v) is 14.5. The molecule has 1 aromatic heterocycles. The maximum atomic E-state index is 13.6. The van der Waals surface area contributed by atoms with Crippen molar-refractivity contribution in [3.8, 4) is 5.75 Å². The van der Waals surface area contributed by atoms with Gasteiger partial charge >= 0.3 is 0 Å². The van der Waals surface area contributed by atoms with Gasteiger partial charge in [-0.15, -0.1) is 0 Å². The molecule has 1 fully saturated rings. The van der Waals surface area contributed by atoms with E-state index in [9.17, 15) is 9.18 Å². The number of nitrogens with one attached hydrogen (secondary N) is 1. The van der Waals surface area contributed by atoms with Crippen LogP contribution in [0.5, 0.6) is 5.75 Å². The fraction of sp³-hybridized carbons (Fsp3) is 0.263. The van der Waals surface area contributed by atoms with Gasteiger partial charge in [0.15, 0.2) is 5.13 Å². The number of methoxy groups -OCH3 is 1. The smallest absolute Gasteiger partial charge is 0.236 e. The molecular formula is C19H17FN2O2S. The number of carbonyl (C=O) groups excluding carboxylic acids is 1. The number of hydrogen-bond donors (Lipinski definition) is 1. The van der Waals surface area contributed by atoms with Gasteiger partial charge in [0.2, 0.25) is 5.91 Å². The molecule has 1 heterocycles. The minimum Gasteiger partial charge on any atom is -0.497 e. The van der Waals surface area contributed by atoms with Gasteiger partial charge in [0, 0.05) is 0 Å². The first kappa shape index (κ1) is 16.0. The molecule has 0 radical (unpaired) electrons. The summed E-state index contributed by atoms with van der Waals surface area (Å²) in [7, 11) is 1.62. The van der Waals surface area contributed by atoms with Crippen LogP contribution in [0.15, 0.2) is 42.5 Å². The molecule has 0 unspecified atom stereocenters. The molecule has 1 N–H and O–H groups in total. The fourth-order valence-corrected chi connectivity index (χ4v) is 4.15. The predicted molar refractivity (Wildman–Crippen MR) is 96.7 cm³/mol. The molecule has 0 bridgehead atoms. The van der Waals surface area contributed by atoms with E-state index in [2.05, 4.69) is 10.3 Å². The van der Waals surface area contributed by atoms with E-state index in [1.165, 1.54) is 23.5 Å². The lowest BCUT2D eigenvalue weighted by atomic mass is 9.64. The number of halogens is 1. The van der Waals surface area contributed by atoms with E-state index < -0.39 is 5.41 Å². The minimum absolute atomic E-state index is 0.115. The Balaban J connectivity index is 1.62. The van der Waals surface area contributed by atoms with E-state index >= 15 is 0 Å². The number of anilines is 1. The summed E-state index contributed by atoms with van der Waals surface area (Å²) in [6, 6.07) is 11.9. The standard InChI is InChI=1S/C19H17FN2O2S/c1-24-14-6-7-15-16(11-14)25-18(21-15)22-17(23)19(8-3-9-19)12-4-2-5-13(20)10-12/h2,4-7,10-11H,3,8-9H2,1H3,(H,21,22,23). The van der Waals surface area contributed by atoms with Crippen molar-refractivity contribution in [2.45, 2.75) is 24.7 Å². The van der Waals surface area contributed by atoms with Gasteiger partial charge in [0.25, 0.3) is 0 Å². The first-order valence-corrected chi connectivity index (χ1v) is 8.94. The number of amides is 1. The first-order chi connectivity index (χ1) is 12.1. The van der Waals surface area contributed by atoms with Crippen molar-refractivity contribution < 1.29 is 13.9 Å². The lowest BCUT2D eigenvalue weighted by Crippen LogP contribution is -2.46. The molecule has 3 aromatic rings. The van der Waals surface area contributed by atoms with Gasteiger partial charge in [-0.2, -0.15) is 0 Å². The molecule has 1 saturated carbocycles. The van der Waals surface area contributed by atoms with Crippen LogP contribution < -0.4 is 10.1 Å². The Bertz CT molecular complexity index is 950. The van der Waals surface area contributed by atoms with Gasteiger partial charge in [-0.05, 0) is 48.7 Å². The number of carbonyl (C=O) groups is 1. The van der Waals surface area contributed by atoms with Crippen molar-refractivity contribution in [3.63, 3.8) is 0 Å². The molecule has 25 heavy (non-hydrogen) atoms. The summed E-state index contributed by atoms with van der Waals surface area (Å²) in [5.74, 6) is 0.322. The Hall–Kier alpha value is -2.47. The summed E-state index contributed by atoms with van der Waals surface area (Å²) in [6.45, 7) is 0. The number of hydrogen-bond acceptors (Lipinski definition) is 4. The first-order valence-electron chi connectivity index (χ1n) is 8.13. The molecule has 0 aliphatic heterocycles. The van der Waals surface area contributed by atoms with E-state index in [0.717, 1.165) is 40.8 Å². The summed E-state index contributed by atoms with van der Waals surface area (Å²) < 4.78 is 19.8. The molecule has 6 heteroatoms. The third-order valence-electron chi connectivity index (χ3n) is 4.84. The SMILES string of the molecule is COc1ccc2nc(NC(=O)C3(c4cccc(F)c4)CCC3)sc2c1. The Labute approximate surface area is 148 Å².